The summed E-state index contributed by atoms with van der Waals surface area (Å²) in [6.45, 7) is 2.37. The number of ether oxygens (including phenoxy) is 1. The topological polar surface area (TPSA) is 29.5 Å². The van der Waals surface area contributed by atoms with Gasteiger partial charge in [0, 0.05) is 13.2 Å². The van der Waals surface area contributed by atoms with Crippen molar-refractivity contribution in [2.45, 2.75) is 18.9 Å². The fraction of sp³-hybridized carbons (Fsp3) is 0.875. The Bertz CT molecular complexity index is 127. The molecule has 1 heterocycles. The Balaban J connectivity index is 2.31. The predicted octanol–water partition coefficient (Wildman–Crippen LogP) is 0.296. The summed E-state index contributed by atoms with van der Waals surface area (Å²) in [5.74, 6) is 0. The van der Waals surface area contributed by atoms with Crippen LogP contribution in [0.3, 0.4) is 0 Å². The van der Waals surface area contributed by atoms with Crippen LogP contribution in [-0.2, 0) is 9.53 Å². The first kappa shape index (κ1) is 8.68. The van der Waals surface area contributed by atoms with Crippen LogP contribution < -0.4 is 0 Å². The predicted molar refractivity (Wildman–Crippen MR) is 42.5 cm³/mol. The normalized spacial score (nSPS) is 25.7. The fourth-order valence-corrected chi connectivity index (χ4v) is 1.61. The molecule has 1 aliphatic rings. The molecule has 1 atom stereocenters. The number of likely N-dealkylation sites (tertiary alicyclic amines) is 1. The van der Waals surface area contributed by atoms with Crippen molar-refractivity contribution in [3.05, 3.63) is 0 Å². The highest BCUT2D eigenvalue weighted by molar-refractivity contribution is 5.52. The largest absolute Gasteiger partial charge is 0.383 e. The van der Waals surface area contributed by atoms with Gasteiger partial charge in [0.1, 0.15) is 6.29 Å². The van der Waals surface area contributed by atoms with Gasteiger partial charge in [-0.25, -0.2) is 0 Å². The number of carbonyl (C=O) groups is 1. The van der Waals surface area contributed by atoms with E-state index in [1.165, 1.54) is 12.8 Å². The van der Waals surface area contributed by atoms with E-state index in [0.29, 0.717) is 12.6 Å². The van der Waals surface area contributed by atoms with Crippen LogP contribution in [-0.4, -0.2) is 44.0 Å². The summed E-state index contributed by atoms with van der Waals surface area (Å²) in [6.07, 6.45) is 3.33. The third-order valence-electron chi connectivity index (χ3n) is 2.17. The van der Waals surface area contributed by atoms with Crippen molar-refractivity contribution < 1.29 is 9.53 Å². The SMILES string of the molecule is COCC1CCCN1CC=O. The van der Waals surface area contributed by atoms with E-state index >= 15 is 0 Å². The number of carbonyl (C=O) groups excluding carboxylic acids is 1. The summed E-state index contributed by atoms with van der Waals surface area (Å²) in [4.78, 5) is 12.4. The van der Waals surface area contributed by atoms with E-state index in [-0.39, 0.29) is 0 Å². The van der Waals surface area contributed by atoms with E-state index < -0.39 is 0 Å². The summed E-state index contributed by atoms with van der Waals surface area (Å²) in [6, 6.07) is 0.477. The maximum Gasteiger partial charge on any atom is 0.133 e. The van der Waals surface area contributed by atoms with E-state index in [4.69, 9.17) is 4.74 Å². The standard InChI is InChI=1S/C8H15NO2/c1-11-7-8-3-2-4-9(8)5-6-10/h6,8H,2-5,7H2,1H3. The second-order valence-corrected chi connectivity index (χ2v) is 2.91. The molecule has 3 heteroatoms. The molecule has 0 bridgehead atoms. The van der Waals surface area contributed by atoms with Crippen molar-refractivity contribution in [3.8, 4) is 0 Å². The Labute approximate surface area is 67.3 Å². The highest BCUT2D eigenvalue weighted by Gasteiger charge is 2.23. The molecule has 0 amide bonds. The first-order valence-corrected chi connectivity index (χ1v) is 4.05. The Hall–Kier alpha value is -0.410. The fourth-order valence-electron chi connectivity index (χ4n) is 1.61. The molecule has 1 unspecified atom stereocenters. The summed E-state index contributed by atoms with van der Waals surface area (Å²) < 4.78 is 5.04. The van der Waals surface area contributed by atoms with Crippen LogP contribution in [0.25, 0.3) is 0 Å². The van der Waals surface area contributed by atoms with Crippen molar-refractivity contribution in [3.63, 3.8) is 0 Å². The lowest BCUT2D eigenvalue weighted by molar-refractivity contribution is -0.109. The summed E-state index contributed by atoms with van der Waals surface area (Å²) in [5, 5.41) is 0. The van der Waals surface area contributed by atoms with Crippen LogP contribution in [0.4, 0.5) is 0 Å². The van der Waals surface area contributed by atoms with Crippen molar-refractivity contribution in [1.29, 1.82) is 0 Å². The van der Waals surface area contributed by atoms with Gasteiger partial charge in [0.15, 0.2) is 0 Å². The molecule has 0 aromatic carbocycles. The lowest BCUT2D eigenvalue weighted by atomic mass is 10.2. The smallest absolute Gasteiger partial charge is 0.133 e. The minimum absolute atomic E-state index is 0.477. The third kappa shape index (κ3) is 2.27. The lowest BCUT2D eigenvalue weighted by Crippen LogP contribution is -2.34. The van der Waals surface area contributed by atoms with Crippen LogP contribution in [0.5, 0.6) is 0 Å². The zero-order chi connectivity index (χ0) is 8.10. The van der Waals surface area contributed by atoms with E-state index in [9.17, 15) is 4.79 Å². The van der Waals surface area contributed by atoms with Gasteiger partial charge in [0.2, 0.25) is 0 Å². The van der Waals surface area contributed by atoms with Gasteiger partial charge in [0.25, 0.3) is 0 Å². The molecule has 1 fully saturated rings. The molecular weight excluding hydrogens is 142 g/mol. The third-order valence-corrected chi connectivity index (χ3v) is 2.17. The highest BCUT2D eigenvalue weighted by atomic mass is 16.5. The van der Waals surface area contributed by atoms with Crippen LogP contribution in [0.1, 0.15) is 12.8 Å². The van der Waals surface area contributed by atoms with Crippen LogP contribution in [0.15, 0.2) is 0 Å². The number of rotatable bonds is 4. The maximum absolute atomic E-state index is 10.2. The quantitative estimate of drug-likeness (QED) is 0.549. The summed E-state index contributed by atoms with van der Waals surface area (Å²) in [7, 11) is 1.71. The average Bonchev–Trinajstić information content (AvgIpc) is 2.39. The van der Waals surface area contributed by atoms with Crippen LogP contribution in [0.2, 0.25) is 0 Å². The van der Waals surface area contributed by atoms with Gasteiger partial charge in [-0.2, -0.15) is 0 Å². The van der Waals surface area contributed by atoms with Crippen molar-refractivity contribution in [2.24, 2.45) is 0 Å². The molecule has 64 valence electrons. The molecule has 3 nitrogen and oxygen atoms in total. The van der Waals surface area contributed by atoms with Crippen molar-refractivity contribution >= 4 is 6.29 Å². The molecule has 0 N–H and O–H groups in total. The molecule has 1 aliphatic heterocycles. The van der Waals surface area contributed by atoms with E-state index in [0.717, 1.165) is 19.4 Å². The van der Waals surface area contributed by atoms with Gasteiger partial charge in [-0.3, -0.25) is 4.90 Å². The molecule has 0 aliphatic carbocycles. The lowest BCUT2D eigenvalue weighted by Gasteiger charge is -2.20. The highest BCUT2D eigenvalue weighted by Crippen LogP contribution is 2.15. The first-order chi connectivity index (χ1) is 5.38. The Morgan fingerprint density at radius 1 is 1.73 bits per heavy atom. The van der Waals surface area contributed by atoms with E-state index in [2.05, 4.69) is 4.90 Å². The molecular formula is C8H15NO2. The average molecular weight is 157 g/mol. The molecule has 11 heavy (non-hydrogen) atoms. The van der Waals surface area contributed by atoms with Gasteiger partial charge < -0.3 is 9.53 Å². The second-order valence-electron chi connectivity index (χ2n) is 2.91. The number of hydrogen-bond acceptors (Lipinski definition) is 3. The zero-order valence-corrected chi connectivity index (χ0v) is 6.95. The minimum Gasteiger partial charge on any atom is -0.383 e. The molecule has 0 aromatic heterocycles. The molecule has 0 saturated carbocycles. The molecule has 1 rings (SSSR count). The number of hydrogen-bond donors (Lipinski definition) is 0. The van der Waals surface area contributed by atoms with Gasteiger partial charge in [-0.05, 0) is 19.4 Å². The Morgan fingerprint density at radius 2 is 2.55 bits per heavy atom. The van der Waals surface area contributed by atoms with E-state index in [1.54, 1.807) is 7.11 Å². The second kappa shape index (κ2) is 4.46. The van der Waals surface area contributed by atoms with Crippen LogP contribution in [0, 0.1) is 0 Å². The van der Waals surface area contributed by atoms with Crippen molar-refractivity contribution in [1.82, 2.24) is 4.90 Å². The summed E-state index contributed by atoms with van der Waals surface area (Å²) in [5.41, 5.74) is 0. The number of methoxy groups -OCH3 is 1. The molecule has 0 radical (unpaired) electrons. The van der Waals surface area contributed by atoms with Gasteiger partial charge in [-0.1, -0.05) is 0 Å². The van der Waals surface area contributed by atoms with Gasteiger partial charge in [-0.15, -0.1) is 0 Å². The minimum atomic E-state index is 0.477. The van der Waals surface area contributed by atoms with Gasteiger partial charge >= 0.3 is 0 Å². The monoisotopic (exact) mass is 157 g/mol. The zero-order valence-electron chi connectivity index (χ0n) is 6.95. The Kier molecular flexibility index (Phi) is 3.52. The van der Waals surface area contributed by atoms with E-state index in [1.807, 2.05) is 0 Å². The molecule has 0 aromatic rings. The molecule has 1 saturated heterocycles. The number of nitrogens with zero attached hydrogens (tertiary/aromatic N) is 1. The summed E-state index contributed by atoms with van der Waals surface area (Å²) >= 11 is 0. The Morgan fingerprint density at radius 3 is 3.18 bits per heavy atom. The van der Waals surface area contributed by atoms with Crippen LogP contribution >= 0.6 is 0 Å². The van der Waals surface area contributed by atoms with Crippen molar-refractivity contribution in [2.75, 3.05) is 26.8 Å². The van der Waals surface area contributed by atoms with Gasteiger partial charge in [0.05, 0.1) is 13.2 Å². The first-order valence-electron chi connectivity index (χ1n) is 4.05. The number of aldehydes is 1. The molecule has 0 spiro atoms. The maximum atomic E-state index is 10.2.